The van der Waals surface area contributed by atoms with Crippen LogP contribution < -0.4 is 0 Å². The molecule has 0 amide bonds. The number of carbonyl (C=O) groups is 1. The lowest BCUT2D eigenvalue weighted by Gasteiger charge is -2.14. The zero-order chi connectivity index (χ0) is 15.8. The van der Waals surface area contributed by atoms with Crippen LogP contribution in [0.1, 0.15) is 69.6 Å². The summed E-state index contributed by atoms with van der Waals surface area (Å²) in [6, 6.07) is 0. The molecule has 1 rings (SSSR count). The molecular formula is C16H29N3O2. The van der Waals surface area contributed by atoms with Gasteiger partial charge in [-0.2, -0.15) is 0 Å². The Morgan fingerprint density at radius 3 is 2.62 bits per heavy atom. The maximum absolute atomic E-state index is 12.0. The summed E-state index contributed by atoms with van der Waals surface area (Å²) in [6.07, 6.45) is 4.75. The molecule has 1 heterocycles. The average molecular weight is 295 g/mol. The van der Waals surface area contributed by atoms with E-state index in [4.69, 9.17) is 4.74 Å². The summed E-state index contributed by atoms with van der Waals surface area (Å²) < 4.78 is 7.07. The van der Waals surface area contributed by atoms with Crippen LogP contribution in [0.15, 0.2) is 0 Å². The average Bonchev–Trinajstić information content (AvgIpc) is 2.82. The number of nitrogens with zero attached hydrogens (tertiary/aromatic N) is 3. The summed E-state index contributed by atoms with van der Waals surface area (Å²) in [5.74, 6) is 0.543. The van der Waals surface area contributed by atoms with Crippen LogP contribution in [0.2, 0.25) is 0 Å². The van der Waals surface area contributed by atoms with Gasteiger partial charge in [-0.25, -0.2) is 9.48 Å². The summed E-state index contributed by atoms with van der Waals surface area (Å²) >= 11 is 0. The molecule has 120 valence electrons. The maximum atomic E-state index is 12.0. The van der Waals surface area contributed by atoms with Gasteiger partial charge in [-0.1, -0.05) is 52.2 Å². The van der Waals surface area contributed by atoms with Crippen LogP contribution in [0.3, 0.4) is 0 Å². The number of rotatable bonds is 9. The van der Waals surface area contributed by atoms with Gasteiger partial charge in [-0.05, 0) is 25.2 Å². The predicted octanol–water partition coefficient (Wildman–Crippen LogP) is 3.62. The van der Waals surface area contributed by atoms with Crippen molar-refractivity contribution in [3.05, 3.63) is 11.4 Å². The number of aromatic nitrogens is 3. The van der Waals surface area contributed by atoms with E-state index in [0.717, 1.165) is 18.7 Å². The molecule has 1 atom stereocenters. The Morgan fingerprint density at radius 1 is 1.33 bits per heavy atom. The first-order valence-corrected chi connectivity index (χ1v) is 8.06. The topological polar surface area (TPSA) is 57.0 Å². The molecule has 5 nitrogen and oxygen atoms in total. The van der Waals surface area contributed by atoms with Crippen molar-refractivity contribution in [2.24, 2.45) is 11.8 Å². The van der Waals surface area contributed by atoms with Crippen LogP contribution in [0.5, 0.6) is 0 Å². The molecule has 0 fully saturated rings. The lowest BCUT2D eigenvalue weighted by molar-refractivity contribution is 0.0451. The summed E-state index contributed by atoms with van der Waals surface area (Å²) in [4.78, 5) is 12.0. The van der Waals surface area contributed by atoms with Gasteiger partial charge < -0.3 is 4.74 Å². The van der Waals surface area contributed by atoms with Gasteiger partial charge in [0, 0.05) is 6.54 Å². The quantitative estimate of drug-likeness (QED) is 0.653. The minimum Gasteiger partial charge on any atom is -0.461 e. The van der Waals surface area contributed by atoms with Crippen LogP contribution in [-0.4, -0.2) is 27.6 Å². The van der Waals surface area contributed by atoms with Crippen LogP contribution in [0.25, 0.3) is 0 Å². The molecule has 0 spiro atoms. The molecule has 0 radical (unpaired) electrons. The highest BCUT2D eigenvalue weighted by atomic mass is 16.5. The van der Waals surface area contributed by atoms with Crippen molar-refractivity contribution in [3.8, 4) is 0 Å². The number of unbranched alkanes of at least 4 members (excludes halogenated alkanes) is 1. The molecule has 0 aliphatic rings. The fourth-order valence-corrected chi connectivity index (χ4v) is 2.19. The number of esters is 1. The second-order valence-corrected chi connectivity index (χ2v) is 6.11. The Kier molecular flexibility index (Phi) is 7.40. The number of hydrogen-bond acceptors (Lipinski definition) is 4. The molecule has 0 bridgehead atoms. The minimum atomic E-state index is -0.367. The largest absolute Gasteiger partial charge is 0.461 e. The van der Waals surface area contributed by atoms with Gasteiger partial charge in [0.2, 0.25) is 0 Å². The van der Waals surface area contributed by atoms with E-state index in [1.54, 1.807) is 0 Å². The summed E-state index contributed by atoms with van der Waals surface area (Å²) in [7, 11) is 0. The van der Waals surface area contributed by atoms with Crippen LogP contribution in [-0.2, 0) is 11.3 Å². The van der Waals surface area contributed by atoms with Crippen molar-refractivity contribution < 1.29 is 9.53 Å². The normalized spacial score (nSPS) is 12.7. The van der Waals surface area contributed by atoms with E-state index in [2.05, 4.69) is 24.2 Å². The Labute approximate surface area is 128 Å². The Hall–Kier alpha value is -1.39. The molecule has 0 aromatic carbocycles. The molecule has 0 aliphatic carbocycles. The lowest BCUT2D eigenvalue weighted by atomic mass is 9.99. The van der Waals surface area contributed by atoms with E-state index in [-0.39, 0.29) is 5.97 Å². The Bertz CT molecular complexity index is 441. The van der Waals surface area contributed by atoms with Gasteiger partial charge in [-0.3, -0.25) is 0 Å². The number of hydrogen-bond donors (Lipinski definition) is 0. The van der Waals surface area contributed by atoms with E-state index < -0.39 is 0 Å². The molecule has 1 aromatic heterocycles. The van der Waals surface area contributed by atoms with Crippen molar-refractivity contribution >= 4 is 5.97 Å². The zero-order valence-electron chi connectivity index (χ0n) is 14.1. The molecule has 1 unspecified atom stereocenters. The van der Waals surface area contributed by atoms with Gasteiger partial charge in [-0.15, -0.1) is 5.10 Å². The van der Waals surface area contributed by atoms with Crippen molar-refractivity contribution in [1.82, 2.24) is 15.0 Å². The zero-order valence-corrected chi connectivity index (χ0v) is 14.1. The van der Waals surface area contributed by atoms with E-state index in [1.807, 2.05) is 25.5 Å². The molecule has 0 saturated heterocycles. The molecule has 0 aliphatic heterocycles. The van der Waals surface area contributed by atoms with Crippen molar-refractivity contribution in [2.75, 3.05) is 6.61 Å². The van der Waals surface area contributed by atoms with Gasteiger partial charge in [0.25, 0.3) is 0 Å². The van der Waals surface area contributed by atoms with Crippen molar-refractivity contribution in [2.45, 2.75) is 66.8 Å². The standard InChI is InChI=1S/C16H29N3O2/c1-6-8-9-14(7-2)10-19-13(5)15(17-18-19)16(20)21-11-12(3)4/h12,14H,6-11H2,1-5H3. The van der Waals surface area contributed by atoms with Gasteiger partial charge >= 0.3 is 5.97 Å². The Morgan fingerprint density at radius 2 is 2.05 bits per heavy atom. The molecule has 0 N–H and O–H groups in total. The second-order valence-electron chi connectivity index (χ2n) is 6.11. The summed E-state index contributed by atoms with van der Waals surface area (Å²) in [5, 5.41) is 8.13. The Balaban J connectivity index is 2.67. The smallest absolute Gasteiger partial charge is 0.360 e. The first kappa shape index (κ1) is 17.7. The molecular weight excluding hydrogens is 266 g/mol. The molecule has 5 heteroatoms. The summed E-state index contributed by atoms with van der Waals surface area (Å²) in [6.45, 7) is 11.6. The van der Waals surface area contributed by atoms with E-state index in [9.17, 15) is 4.79 Å². The van der Waals surface area contributed by atoms with E-state index >= 15 is 0 Å². The maximum Gasteiger partial charge on any atom is 0.360 e. The first-order valence-electron chi connectivity index (χ1n) is 8.06. The second kappa shape index (κ2) is 8.80. The van der Waals surface area contributed by atoms with Gasteiger partial charge in [0.05, 0.1) is 12.3 Å². The molecule has 1 aromatic rings. The minimum absolute atomic E-state index is 0.322. The van der Waals surface area contributed by atoms with Crippen molar-refractivity contribution in [3.63, 3.8) is 0 Å². The van der Waals surface area contributed by atoms with Crippen LogP contribution >= 0.6 is 0 Å². The number of ether oxygens (including phenoxy) is 1. The van der Waals surface area contributed by atoms with E-state index in [0.29, 0.717) is 24.1 Å². The van der Waals surface area contributed by atoms with E-state index in [1.165, 1.54) is 19.3 Å². The highest BCUT2D eigenvalue weighted by Gasteiger charge is 2.19. The first-order chi connectivity index (χ1) is 9.99. The monoisotopic (exact) mass is 295 g/mol. The predicted molar refractivity (Wildman–Crippen MR) is 83.2 cm³/mol. The fraction of sp³-hybridized carbons (Fsp3) is 0.812. The summed E-state index contributed by atoms with van der Waals surface area (Å²) in [5.41, 5.74) is 1.15. The van der Waals surface area contributed by atoms with Gasteiger partial charge in [0.1, 0.15) is 0 Å². The number of carbonyl (C=O) groups excluding carboxylic acids is 1. The highest BCUT2D eigenvalue weighted by molar-refractivity contribution is 5.88. The SMILES string of the molecule is CCCCC(CC)Cn1nnc(C(=O)OCC(C)C)c1C. The fourth-order valence-electron chi connectivity index (χ4n) is 2.19. The molecule has 0 saturated carbocycles. The van der Waals surface area contributed by atoms with Gasteiger partial charge in [0.15, 0.2) is 5.69 Å². The third-order valence-electron chi connectivity index (χ3n) is 3.70. The molecule has 21 heavy (non-hydrogen) atoms. The van der Waals surface area contributed by atoms with Crippen LogP contribution in [0, 0.1) is 18.8 Å². The highest BCUT2D eigenvalue weighted by Crippen LogP contribution is 2.16. The van der Waals surface area contributed by atoms with Crippen LogP contribution in [0.4, 0.5) is 0 Å². The third-order valence-corrected chi connectivity index (χ3v) is 3.70. The third kappa shape index (κ3) is 5.48. The lowest BCUT2D eigenvalue weighted by Crippen LogP contribution is -2.14. The van der Waals surface area contributed by atoms with Crippen molar-refractivity contribution in [1.29, 1.82) is 0 Å².